The minimum Gasteiger partial charge on any atom is -0.366 e. The van der Waals surface area contributed by atoms with Gasteiger partial charge in [0.2, 0.25) is 5.91 Å². The van der Waals surface area contributed by atoms with Crippen LogP contribution < -0.4 is 5.73 Å². The van der Waals surface area contributed by atoms with Crippen LogP contribution in [0.25, 0.3) is 11.1 Å². The minimum absolute atomic E-state index is 0. The molecule has 2 saturated heterocycles. The van der Waals surface area contributed by atoms with Gasteiger partial charge in [-0.05, 0) is 79.8 Å². The van der Waals surface area contributed by atoms with Crippen molar-refractivity contribution in [3.05, 3.63) is 95.3 Å². The number of carbonyl (C=O) groups is 1. The molecular weight excluding hydrogens is 667 g/mol. The fourth-order valence-electron chi connectivity index (χ4n) is 6.45. The number of primary amides is 1. The Morgan fingerprint density at radius 2 is 1.30 bits per heavy atom. The molecule has 2 N–H and O–H groups in total. The number of amides is 1. The molecule has 2 aliphatic heterocycles. The molecule has 0 spiro atoms. The molecular formula is C35H50Cl4FN5O. The third-order valence-corrected chi connectivity index (χ3v) is 9.09. The van der Waals surface area contributed by atoms with Crippen molar-refractivity contribution in [1.29, 1.82) is 0 Å². The van der Waals surface area contributed by atoms with Gasteiger partial charge in [0.1, 0.15) is 5.82 Å². The summed E-state index contributed by atoms with van der Waals surface area (Å²) >= 11 is 0. The van der Waals surface area contributed by atoms with Crippen molar-refractivity contribution >= 4 is 55.5 Å². The molecule has 1 atom stereocenters. The number of benzene rings is 3. The van der Waals surface area contributed by atoms with Crippen molar-refractivity contribution in [2.45, 2.75) is 38.8 Å². The van der Waals surface area contributed by atoms with Gasteiger partial charge in [-0.3, -0.25) is 19.5 Å². The lowest BCUT2D eigenvalue weighted by molar-refractivity contribution is 0.0481. The predicted octanol–water partition coefficient (Wildman–Crippen LogP) is 6.60. The summed E-state index contributed by atoms with van der Waals surface area (Å²) in [6.45, 7) is 15.2. The molecule has 3 aromatic rings. The highest BCUT2D eigenvalue weighted by Crippen LogP contribution is 2.27. The average molecular weight is 718 g/mol. The molecule has 5 rings (SSSR count). The number of nitrogens with two attached hydrogens (primary N) is 1. The highest BCUT2D eigenvalue weighted by atomic mass is 35.5. The number of carbonyl (C=O) groups excluding carboxylic acids is 1. The molecule has 6 nitrogen and oxygen atoms in total. The first-order valence-electron chi connectivity index (χ1n) is 15.5. The first kappa shape index (κ1) is 42.1. The standard InChI is InChI=1S/C35H46FN5O.4ClH/c1-27(2)40-22-24-41(25-23-40)34(30-13-15-32(36)16-14-30)26-39-20-18-38(19-21-39)17-5-7-28-6-3-4-8-33(28)29-9-11-31(12-10-29)35(37)42;;;;/h3-4,6,8-16,27,34H,5,7,17-26H2,1-2H3,(H2,37,42);4*1H. The van der Waals surface area contributed by atoms with E-state index < -0.39 is 5.91 Å². The van der Waals surface area contributed by atoms with E-state index >= 15 is 0 Å². The second-order valence-electron chi connectivity index (χ2n) is 12.1. The second-order valence-corrected chi connectivity index (χ2v) is 12.1. The summed E-state index contributed by atoms with van der Waals surface area (Å²) in [4.78, 5) is 21.8. The monoisotopic (exact) mass is 715 g/mol. The fourth-order valence-corrected chi connectivity index (χ4v) is 6.45. The Morgan fingerprint density at radius 1 is 0.739 bits per heavy atom. The number of aryl methyl sites for hydroxylation is 1. The summed E-state index contributed by atoms with van der Waals surface area (Å²) in [7, 11) is 0. The Bertz CT molecular complexity index is 1300. The largest absolute Gasteiger partial charge is 0.366 e. The van der Waals surface area contributed by atoms with E-state index in [0.717, 1.165) is 83.9 Å². The molecule has 3 aromatic carbocycles. The maximum atomic E-state index is 13.7. The van der Waals surface area contributed by atoms with Crippen LogP contribution in [0.2, 0.25) is 0 Å². The van der Waals surface area contributed by atoms with Gasteiger partial charge in [-0.25, -0.2) is 4.39 Å². The molecule has 0 radical (unpaired) electrons. The van der Waals surface area contributed by atoms with Crippen LogP contribution in [0.5, 0.6) is 0 Å². The van der Waals surface area contributed by atoms with Crippen molar-refractivity contribution < 1.29 is 9.18 Å². The molecule has 11 heteroatoms. The summed E-state index contributed by atoms with van der Waals surface area (Å²) < 4.78 is 13.7. The van der Waals surface area contributed by atoms with Crippen LogP contribution >= 0.6 is 49.6 Å². The lowest BCUT2D eigenvalue weighted by Crippen LogP contribution is -2.53. The zero-order valence-corrected chi connectivity index (χ0v) is 30.1. The van der Waals surface area contributed by atoms with Crippen molar-refractivity contribution in [3.8, 4) is 11.1 Å². The molecule has 0 aromatic heterocycles. The Balaban J connectivity index is 0.00000264. The number of halogens is 5. The van der Waals surface area contributed by atoms with Crippen LogP contribution in [0.15, 0.2) is 72.8 Å². The first-order valence-corrected chi connectivity index (χ1v) is 15.5. The van der Waals surface area contributed by atoms with Crippen molar-refractivity contribution in [2.24, 2.45) is 5.73 Å². The summed E-state index contributed by atoms with van der Waals surface area (Å²) in [5, 5.41) is 0. The summed E-state index contributed by atoms with van der Waals surface area (Å²) in [5.74, 6) is -0.565. The molecule has 2 heterocycles. The third-order valence-electron chi connectivity index (χ3n) is 9.09. The molecule has 0 aliphatic carbocycles. The highest BCUT2D eigenvalue weighted by molar-refractivity contribution is 5.93. The first-order chi connectivity index (χ1) is 20.4. The van der Waals surface area contributed by atoms with Gasteiger partial charge in [0.15, 0.2) is 0 Å². The van der Waals surface area contributed by atoms with E-state index in [0.29, 0.717) is 17.6 Å². The molecule has 2 aliphatic rings. The zero-order valence-electron chi connectivity index (χ0n) is 26.9. The predicted molar refractivity (Wildman–Crippen MR) is 198 cm³/mol. The lowest BCUT2D eigenvalue weighted by atomic mass is 9.96. The van der Waals surface area contributed by atoms with E-state index in [9.17, 15) is 9.18 Å². The zero-order chi connectivity index (χ0) is 29.5. The maximum absolute atomic E-state index is 13.7. The third kappa shape index (κ3) is 11.3. The Labute approximate surface area is 299 Å². The topological polar surface area (TPSA) is 56.1 Å². The molecule has 1 amide bonds. The van der Waals surface area contributed by atoms with Crippen molar-refractivity contribution in [1.82, 2.24) is 19.6 Å². The van der Waals surface area contributed by atoms with E-state index in [1.807, 2.05) is 24.3 Å². The van der Waals surface area contributed by atoms with Gasteiger partial charge in [-0.15, -0.1) is 49.6 Å². The highest BCUT2D eigenvalue weighted by Gasteiger charge is 2.29. The van der Waals surface area contributed by atoms with Gasteiger partial charge < -0.3 is 10.6 Å². The smallest absolute Gasteiger partial charge is 0.248 e. The van der Waals surface area contributed by atoms with Gasteiger partial charge in [0, 0.05) is 76.5 Å². The number of rotatable bonds is 11. The molecule has 0 saturated carbocycles. The van der Waals surface area contributed by atoms with Gasteiger partial charge in [-0.2, -0.15) is 0 Å². The van der Waals surface area contributed by atoms with Crippen LogP contribution in [-0.4, -0.2) is 97.0 Å². The SMILES string of the molecule is CC(C)N1CCN(C(CN2CCN(CCCc3ccccc3-c3ccc(C(N)=O)cc3)CC2)c2ccc(F)cc2)CC1.Cl.Cl.Cl.Cl. The van der Waals surface area contributed by atoms with E-state index in [1.54, 1.807) is 24.3 Å². The Kier molecular flexibility index (Phi) is 18.7. The summed E-state index contributed by atoms with van der Waals surface area (Å²) in [6.07, 6.45) is 2.12. The quantitative estimate of drug-likeness (QED) is 0.243. The molecule has 256 valence electrons. The van der Waals surface area contributed by atoms with Gasteiger partial charge in [0.05, 0.1) is 0 Å². The number of hydrogen-bond donors (Lipinski definition) is 1. The van der Waals surface area contributed by atoms with Crippen LogP contribution in [-0.2, 0) is 6.42 Å². The fraction of sp³-hybridized carbons (Fsp3) is 0.457. The van der Waals surface area contributed by atoms with E-state index in [1.165, 1.54) is 16.7 Å². The number of hydrogen-bond acceptors (Lipinski definition) is 5. The Hall–Kier alpha value is -1.94. The molecule has 1 unspecified atom stereocenters. The van der Waals surface area contributed by atoms with Crippen LogP contribution in [0.1, 0.15) is 47.8 Å². The van der Waals surface area contributed by atoms with Crippen LogP contribution in [0.3, 0.4) is 0 Å². The second kappa shape index (κ2) is 20.4. The number of nitrogens with zero attached hydrogens (tertiary/aromatic N) is 4. The summed E-state index contributed by atoms with van der Waals surface area (Å²) in [6, 6.07) is 24.2. The summed E-state index contributed by atoms with van der Waals surface area (Å²) in [5.41, 5.74) is 10.8. The molecule has 2 fully saturated rings. The van der Waals surface area contributed by atoms with Gasteiger partial charge in [0.25, 0.3) is 0 Å². The van der Waals surface area contributed by atoms with Crippen LogP contribution in [0, 0.1) is 5.82 Å². The van der Waals surface area contributed by atoms with E-state index in [2.05, 4.69) is 57.7 Å². The van der Waals surface area contributed by atoms with E-state index in [-0.39, 0.29) is 55.4 Å². The molecule has 0 bridgehead atoms. The normalized spacial score (nSPS) is 16.8. The lowest BCUT2D eigenvalue weighted by Gasteiger charge is -2.43. The average Bonchev–Trinajstić information content (AvgIpc) is 3.01. The Morgan fingerprint density at radius 3 is 1.89 bits per heavy atom. The minimum atomic E-state index is -0.398. The number of piperazine rings is 2. The van der Waals surface area contributed by atoms with Crippen molar-refractivity contribution in [3.63, 3.8) is 0 Å². The molecule has 46 heavy (non-hydrogen) atoms. The van der Waals surface area contributed by atoms with Gasteiger partial charge >= 0.3 is 0 Å². The van der Waals surface area contributed by atoms with Crippen molar-refractivity contribution in [2.75, 3.05) is 65.4 Å². The van der Waals surface area contributed by atoms with Gasteiger partial charge in [-0.1, -0.05) is 48.5 Å². The van der Waals surface area contributed by atoms with Crippen LogP contribution in [0.4, 0.5) is 4.39 Å². The maximum Gasteiger partial charge on any atom is 0.248 e. The van der Waals surface area contributed by atoms with E-state index in [4.69, 9.17) is 5.73 Å².